The van der Waals surface area contributed by atoms with Gasteiger partial charge in [0, 0.05) is 5.69 Å². The number of anilines is 1. The summed E-state index contributed by atoms with van der Waals surface area (Å²) in [7, 11) is 1.33. The van der Waals surface area contributed by atoms with Crippen LogP contribution < -0.4 is 5.32 Å². The lowest BCUT2D eigenvalue weighted by Gasteiger charge is -2.16. The Morgan fingerprint density at radius 1 is 1.65 bits per heavy atom. The van der Waals surface area contributed by atoms with Crippen LogP contribution in [0.25, 0.3) is 0 Å². The van der Waals surface area contributed by atoms with Gasteiger partial charge in [0.1, 0.15) is 17.9 Å². The molecule has 1 N–H and O–H groups in total. The van der Waals surface area contributed by atoms with Gasteiger partial charge in [0.05, 0.1) is 12.7 Å². The summed E-state index contributed by atoms with van der Waals surface area (Å²) in [5.41, 5.74) is 1.20. The van der Waals surface area contributed by atoms with Crippen molar-refractivity contribution in [1.29, 1.82) is 5.26 Å². The summed E-state index contributed by atoms with van der Waals surface area (Å²) < 4.78 is 4.67. The molecule has 0 fully saturated rings. The quantitative estimate of drug-likeness (QED) is 0.800. The molecule has 0 aliphatic carbocycles. The Labute approximate surface area is 100 Å². The number of aryl methyl sites for hydroxylation is 1. The van der Waals surface area contributed by atoms with Gasteiger partial charge in [-0.2, -0.15) is 5.26 Å². The van der Waals surface area contributed by atoms with E-state index in [1.165, 1.54) is 7.11 Å². The van der Waals surface area contributed by atoms with Crippen LogP contribution in [-0.2, 0) is 9.53 Å². The standard InChI is InChI=1S/C12H15N3O2/c1-4-10(12(16)17-3)15-11-9(7-13)6-5-8(2)14-11/h5-6,10H,4H2,1-3H3,(H,14,15). The highest BCUT2D eigenvalue weighted by Crippen LogP contribution is 2.14. The average Bonchev–Trinajstić information content (AvgIpc) is 2.35. The van der Waals surface area contributed by atoms with E-state index in [4.69, 9.17) is 5.26 Å². The van der Waals surface area contributed by atoms with Crippen LogP contribution in [0.3, 0.4) is 0 Å². The first-order valence-corrected chi connectivity index (χ1v) is 5.34. The number of nitrogens with one attached hydrogen (secondary N) is 1. The van der Waals surface area contributed by atoms with Crippen molar-refractivity contribution in [3.63, 3.8) is 0 Å². The van der Waals surface area contributed by atoms with Crippen LogP contribution in [0.15, 0.2) is 12.1 Å². The van der Waals surface area contributed by atoms with Gasteiger partial charge in [0.25, 0.3) is 0 Å². The number of nitrogens with zero attached hydrogens (tertiary/aromatic N) is 2. The highest BCUT2D eigenvalue weighted by atomic mass is 16.5. The third-order valence-corrected chi connectivity index (χ3v) is 2.36. The van der Waals surface area contributed by atoms with E-state index in [1.54, 1.807) is 12.1 Å². The van der Waals surface area contributed by atoms with Crippen molar-refractivity contribution >= 4 is 11.8 Å². The predicted octanol–water partition coefficient (Wildman–Crippen LogP) is 1.63. The second-order valence-electron chi connectivity index (χ2n) is 3.59. The number of hydrogen-bond donors (Lipinski definition) is 1. The lowest BCUT2D eigenvalue weighted by atomic mass is 10.2. The zero-order valence-electron chi connectivity index (χ0n) is 10.2. The van der Waals surface area contributed by atoms with Crippen LogP contribution in [0.2, 0.25) is 0 Å². The number of rotatable bonds is 4. The molecular weight excluding hydrogens is 218 g/mol. The van der Waals surface area contributed by atoms with Crippen molar-refractivity contribution in [2.45, 2.75) is 26.3 Å². The van der Waals surface area contributed by atoms with Crippen LogP contribution in [-0.4, -0.2) is 24.1 Å². The monoisotopic (exact) mass is 233 g/mol. The molecule has 0 saturated heterocycles. The Bertz CT molecular complexity index is 452. The van der Waals surface area contributed by atoms with E-state index in [-0.39, 0.29) is 5.97 Å². The summed E-state index contributed by atoms with van der Waals surface area (Å²) >= 11 is 0. The van der Waals surface area contributed by atoms with Gasteiger partial charge in [-0.15, -0.1) is 0 Å². The van der Waals surface area contributed by atoms with Crippen molar-refractivity contribution in [2.24, 2.45) is 0 Å². The molecule has 1 heterocycles. The third kappa shape index (κ3) is 3.18. The van der Waals surface area contributed by atoms with Crippen molar-refractivity contribution in [1.82, 2.24) is 4.98 Å². The van der Waals surface area contributed by atoms with Gasteiger partial charge in [-0.25, -0.2) is 9.78 Å². The van der Waals surface area contributed by atoms with Crippen LogP contribution in [0.5, 0.6) is 0 Å². The number of esters is 1. The number of hydrogen-bond acceptors (Lipinski definition) is 5. The van der Waals surface area contributed by atoms with Crippen LogP contribution >= 0.6 is 0 Å². The SMILES string of the molecule is CCC(Nc1nc(C)ccc1C#N)C(=O)OC. The fourth-order valence-electron chi connectivity index (χ4n) is 1.39. The number of nitriles is 1. The molecule has 5 nitrogen and oxygen atoms in total. The summed E-state index contributed by atoms with van der Waals surface area (Å²) in [6, 6.07) is 4.98. The number of carbonyl (C=O) groups is 1. The third-order valence-electron chi connectivity index (χ3n) is 2.36. The van der Waals surface area contributed by atoms with E-state index in [9.17, 15) is 4.79 Å². The molecule has 0 aromatic carbocycles. The van der Waals surface area contributed by atoms with Crippen molar-refractivity contribution in [3.05, 3.63) is 23.4 Å². The molecule has 0 radical (unpaired) electrons. The van der Waals surface area contributed by atoms with E-state index in [2.05, 4.69) is 15.0 Å². The summed E-state index contributed by atoms with van der Waals surface area (Å²) in [6.07, 6.45) is 0.563. The largest absolute Gasteiger partial charge is 0.467 e. The maximum atomic E-state index is 11.4. The molecule has 0 spiro atoms. The smallest absolute Gasteiger partial charge is 0.328 e. The lowest BCUT2D eigenvalue weighted by Crippen LogP contribution is -2.30. The predicted molar refractivity (Wildman–Crippen MR) is 63.4 cm³/mol. The molecule has 0 aliphatic heterocycles. The second kappa shape index (κ2) is 5.85. The molecule has 1 aromatic rings. The average molecular weight is 233 g/mol. The minimum absolute atomic E-state index is 0.361. The Hall–Kier alpha value is -2.09. The molecule has 5 heteroatoms. The number of ether oxygens (including phenoxy) is 1. The minimum Gasteiger partial charge on any atom is -0.467 e. The van der Waals surface area contributed by atoms with Gasteiger partial charge < -0.3 is 10.1 Å². The summed E-state index contributed by atoms with van der Waals surface area (Å²) in [6.45, 7) is 3.68. The van der Waals surface area contributed by atoms with Crippen molar-refractivity contribution < 1.29 is 9.53 Å². The highest BCUT2D eigenvalue weighted by molar-refractivity contribution is 5.79. The molecule has 0 saturated carbocycles. The normalized spacial score (nSPS) is 11.4. The van der Waals surface area contributed by atoms with Crippen molar-refractivity contribution in [3.8, 4) is 6.07 Å². The molecule has 0 bridgehead atoms. The Balaban J connectivity index is 2.97. The van der Waals surface area contributed by atoms with E-state index in [0.717, 1.165) is 5.69 Å². The van der Waals surface area contributed by atoms with E-state index >= 15 is 0 Å². The Morgan fingerprint density at radius 2 is 2.35 bits per heavy atom. The maximum Gasteiger partial charge on any atom is 0.328 e. The van der Waals surface area contributed by atoms with Gasteiger partial charge in [-0.3, -0.25) is 0 Å². The topological polar surface area (TPSA) is 75.0 Å². The van der Waals surface area contributed by atoms with Crippen molar-refractivity contribution in [2.75, 3.05) is 12.4 Å². The maximum absolute atomic E-state index is 11.4. The molecule has 0 amide bonds. The number of methoxy groups -OCH3 is 1. The molecule has 90 valence electrons. The molecule has 0 aliphatic rings. The van der Waals surface area contributed by atoms with Crippen LogP contribution in [0, 0.1) is 18.3 Å². The zero-order chi connectivity index (χ0) is 12.8. The number of pyridine rings is 1. The molecular formula is C12H15N3O2. The fourth-order valence-corrected chi connectivity index (χ4v) is 1.39. The van der Waals surface area contributed by atoms with Crippen LogP contribution in [0.1, 0.15) is 24.6 Å². The van der Waals surface area contributed by atoms with Crippen LogP contribution in [0.4, 0.5) is 5.82 Å². The van der Waals surface area contributed by atoms with Gasteiger partial charge in [0.15, 0.2) is 0 Å². The minimum atomic E-state index is -0.485. The first-order chi connectivity index (χ1) is 8.12. The summed E-state index contributed by atoms with van der Waals surface area (Å²) in [5, 5.41) is 11.9. The Morgan fingerprint density at radius 3 is 2.88 bits per heavy atom. The molecule has 1 atom stereocenters. The Kier molecular flexibility index (Phi) is 4.46. The van der Waals surface area contributed by atoms with Gasteiger partial charge >= 0.3 is 5.97 Å². The van der Waals surface area contributed by atoms with E-state index in [0.29, 0.717) is 17.8 Å². The summed E-state index contributed by atoms with van der Waals surface area (Å²) in [5.74, 6) is 0.0597. The highest BCUT2D eigenvalue weighted by Gasteiger charge is 2.18. The van der Waals surface area contributed by atoms with E-state index < -0.39 is 6.04 Å². The van der Waals surface area contributed by atoms with Gasteiger partial charge in [-0.05, 0) is 25.5 Å². The van der Waals surface area contributed by atoms with E-state index in [1.807, 2.05) is 19.9 Å². The fraction of sp³-hybridized carbons (Fsp3) is 0.417. The summed E-state index contributed by atoms with van der Waals surface area (Å²) in [4.78, 5) is 15.6. The number of carbonyl (C=O) groups excluding carboxylic acids is 1. The molecule has 17 heavy (non-hydrogen) atoms. The van der Waals surface area contributed by atoms with Gasteiger partial charge in [-0.1, -0.05) is 6.92 Å². The number of aromatic nitrogens is 1. The molecule has 1 aromatic heterocycles. The molecule has 1 rings (SSSR count). The first kappa shape index (κ1) is 13.0. The van der Waals surface area contributed by atoms with Gasteiger partial charge in [0.2, 0.25) is 0 Å². The molecule has 1 unspecified atom stereocenters. The second-order valence-corrected chi connectivity index (χ2v) is 3.59. The zero-order valence-corrected chi connectivity index (χ0v) is 10.2. The first-order valence-electron chi connectivity index (χ1n) is 5.34. The lowest BCUT2D eigenvalue weighted by molar-refractivity contribution is -0.141.